The van der Waals surface area contributed by atoms with E-state index in [9.17, 15) is 0 Å². The first kappa shape index (κ1) is 18.3. The molecule has 0 aliphatic carbocycles. The van der Waals surface area contributed by atoms with Crippen LogP contribution >= 0.6 is 15.9 Å². The summed E-state index contributed by atoms with van der Waals surface area (Å²) < 4.78 is 12.5. The van der Waals surface area contributed by atoms with Crippen LogP contribution in [0.1, 0.15) is 65.2 Å². The van der Waals surface area contributed by atoms with Gasteiger partial charge in [0.1, 0.15) is 0 Å². The molecule has 0 atom stereocenters. The first-order valence-corrected chi connectivity index (χ1v) is 9.12. The topological polar surface area (TPSA) is 18.5 Å². The van der Waals surface area contributed by atoms with E-state index in [2.05, 4.69) is 22.9 Å². The molecule has 0 saturated heterocycles. The van der Waals surface area contributed by atoms with E-state index in [1.807, 2.05) is 25.1 Å². The molecule has 3 heteroatoms. The Labute approximate surface area is 138 Å². The SMILES string of the molecule is CCCCCCCCCCOc1ccc(Br)cc1OCC. The van der Waals surface area contributed by atoms with Crippen LogP contribution in [0.4, 0.5) is 0 Å². The molecule has 0 aromatic heterocycles. The lowest BCUT2D eigenvalue weighted by Gasteiger charge is -2.12. The van der Waals surface area contributed by atoms with Crippen molar-refractivity contribution in [3.05, 3.63) is 22.7 Å². The third-order valence-corrected chi connectivity index (χ3v) is 3.95. The average Bonchev–Trinajstić information content (AvgIpc) is 2.48. The molecule has 0 radical (unpaired) electrons. The second-order valence-corrected chi connectivity index (χ2v) is 6.26. The van der Waals surface area contributed by atoms with Crippen molar-refractivity contribution >= 4 is 15.9 Å². The van der Waals surface area contributed by atoms with E-state index in [-0.39, 0.29) is 0 Å². The fraction of sp³-hybridized carbons (Fsp3) is 0.667. The molecule has 2 nitrogen and oxygen atoms in total. The van der Waals surface area contributed by atoms with Gasteiger partial charge in [-0.05, 0) is 31.5 Å². The zero-order valence-electron chi connectivity index (χ0n) is 13.5. The summed E-state index contributed by atoms with van der Waals surface area (Å²) in [6.07, 6.45) is 10.5. The summed E-state index contributed by atoms with van der Waals surface area (Å²) in [6, 6.07) is 5.93. The van der Waals surface area contributed by atoms with Gasteiger partial charge in [-0.25, -0.2) is 0 Å². The number of halogens is 1. The van der Waals surface area contributed by atoms with Crippen molar-refractivity contribution < 1.29 is 9.47 Å². The van der Waals surface area contributed by atoms with Crippen LogP contribution in [-0.4, -0.2) is 13.2 Å². The van der Waals surface area contributed by atoms with Crippen LogP contribution in [0.5, 0.6) is 11.5 Å². The first-order valence-electron chi connectivity index (χ1n) is 8.33. The molecular weight excluding hydrogens is 328 g/mol. The minimum atomic E-state index is 0.657. The van der Waals surface area contributed by atoms with Gasteiger partial charge in [0.2, 0.25) is 0 Å². The van der Waals surface area contributed by atoms with Gasteiger partial charge in [-0.3, -0.25) is 0 Å². The van der Waals surface area contributed by atoms with Crippen LogP contribution in [0.3, 0.4) is 0 Å². The highest BCUT2D eigenvalue weighted by atomic mass is 79.9. The highest BCUT2D eigenvalue weighted by Crippen LogP contribution is 2.30. The van der Waals surface area contributed by atoms with Gasteiger partial charge < -0.3 is 9.47 Å². The summed E-state index contributed by atoms with van der Waals surface area (Å²) in [7, 11) is 0. The average molecular weight is 357 g/mol. The minimum Gasteiger partial charge on any atom is -0.490 e. The summed E-state index contributed by atoms with van der Waals surface area (Å²) in [5, 5.41) is 0. The monoisotopic (exact) mass is 356 g/mol. The van der Waals surface area contributed by atoms with Gasteiger partial charge >= 0.3 is 0 Å². The Morgan fingerprint density at radius 3 is 2.14 bits per heavy atom. The van der Waals surface area contributed by atoms with Crippen molar-refractivity contribution in [3.63, 3.8) is 0 Å². The molecule has 0 fully saturated rings. The molecule has 0 aliphatic heterocycles. The summed E-state index contributed by atoms with van der Waals surface area (Å²) in [5.41, 5.74) is 0. The van der Waals surface area contributed by atoms with E-state index < -0.39 is 0 Å². The van der Waals surface area contributed by atoms with Gasteiger partial charge in [0, 0.05) is 4.47 Å². The highest BCUT2D eigenvalue weighted by Gasteiger charge is 2.05. The predicted octanol–water partition coefficient (Wildman–Crippen LogP) is 6.37. The minimum absolute atomic E-state index is 0.657. The lowest BCUT2D eigenvalue weighted by molar-refractivity contribution is 0.270. The maximum atomic E-state index is 5.84. The molecule has 1 aromatic carbocycles. The van der Waals surface area contributed by atoms with Crippen LogP contribution in [0.2, 0.25) is 0 Å². The number of rotatable bonds is 12. The van der Waals surface area contributed by atoms with Crippen LogP contribution in [0.25, 0.3) is 0 Å². The predicted molar refractivity (Wildman–Crippen MR) is 93.4 cm³/mol. The molecule has 0 heterocycles. The van der Waals surface area contributed by atoms with E-state index in [1.54, 1.807) is 0 Å². The van der Waals surface area contributed by atoms with Crippen LogP contribution in [0.15, 0.2) is 22.7 Å². The number of hydrogen-bond acceptors (Lipinski definition) is 2. The third-order valence-electron chi connectivity index (χ3n) is 3.46. The maximum Gasteiger partial charge on any atom is 0.162 e. The molecule has 0 saturated carbocycles. The van der Waals surface area contributed by atoms with Gasteiger partial charge in [0.25, 0.3) is 0 Å². The van der Waals surface area contributed by atoms with Gasteiger partial charge in [-0.2, -0.15) is 0 Å². The zero-order valence-corrected chi connectivity index (χ0v) is 15.1. The molecule has 21 heavy (non-hydrogen) atoms. The van der Waals surface area contributed by atoms with Crippen LogP contribution in [-0.2, 0) is 0 Å². The van der Waals surface area contributed by atoms with Crippen molar-refractivity contribution in [2.24, 2.45) is 0 Å². The summed E-state index contributed by atoms with van der Waals surface area (Å²) in [5.74, 6) is 1.68. The van der Waals surface area contributed by atoms with E-state index in [0.29, 0.717) is 6.61 Å². The Morgan fingerprint density at radius 1 is 0.810 bits per heavy atom. The number of benzene rings is 1. The van der Waals surface area contributed by atoms with Crippen molar-refractivity contribution in [3.8, 4) is 11.5 Å². The molecule has 120 valence electrons. The summed E-state index contributed by atoms with van der Waals surface area (Å²) >= 11 is 3.46. The molecule has 1 rings (SSSR count). The fourth-order valence-corrected chi connectivity index (χ4v) is 2.63. The van der Waals surface area contributed by atoms with E-state index in [4.69, 9.17) is 9.47 Å². The Morgan fingerprint density at radius 2 is 1.48 bits per heavy atom. The smallest absolute Gasteiger partial charge is 0.162 e. The molecule has 0 amide bonds. The van der Waals surface area contributed by atoms with Gasteiger partial charge in [0.05, 0.1) is 13.2 Å². The summed E-state index contributed by atoms with van der Waals surface area (Å²) in [4.78, 5) is 0. The Kier molecular flexibility index (Phi) is 10.4. The van der Waals surface area contributed by atoms with E-state index in [1.165, 1.54) is 44.9 Å². The molecule has 0 unspecified atom stereocenters. The number of hydrogen-bond donors (Lipinski definition) is 0. The molecular formula is C18H29BrO2. The van der Waals surface area contributed by atoms with E-state index >= 15 is 0 Å². The standard InChI is InChI=1S/C18H29BrO2/c1-3-5-6-7-8-9-10-11-14-21-17-13-12-16(19)15-18(17)20-4-2/h12-13,15H,3-11,14H2,1-2H3. The van der Waals surface area contributed by atoms with Crippen molar-refractivity contribution in [1.29, 1.82) is 0 Å². The Bertz CT molecular complexity index is 379. The fourth-order valence-electron chi connectivity index (χ4n) is 2.29. The summed E-state index contributed by atoms with van der Waals surface area (Å²) in [6.45, 7) is 5.68. The van der Waals surface area contributed by atoms with E-state index in [0.717, 1.165) is 29.0 Å². The highest BCUT2D eigenvalue weighted by molar-refractivity contribution is 9.10. The van der Waals surface area contributed by atoms with Crippen LogP contribution in [0, 0.1) is 0 Å². The molecule has 0 N–H and O–H groups in total. The molecule has 0 aliphatic rings. The second kappa shape index (κ2) is 11.9. The van der Waals surface area contributed by atoms with Gasteiger partial charge in [0.15, 0.2) is 11.5 Å². The van der Waals surface area contributed by atoms with Crippen LogP contribution < -0.4 is 9.47 Å². The normalized spacial score (nSPS) is 10.6. The lowest BCUT2D eigenvalue weighted by Crippen LogP contribution is -2.01. The number of ether oxygens (including phenoxy) is 2. The lowest BCUT2D eigenvalue weighted by atomic mass is 10.1. The first-order chi connectivity index (χ1) is 10.3. The Balaban J connectivity index is 2.15. The Hall–Kier alpha value is -0.700. The van der Waals surface area contributed by atoms with Crippen molar-refractivity contribution in [2.45, 2.75) is 65.2 Å². The molecule has 1 aromatic rings. The van der Waals surface area contributed by atoms with Gasteiger partial charge in [-0.1, -0.05) is 67.8 Å². The largest absolute Gasteiger partial charge is 0.490 e. The van der Waals surface area contributed by atoms with Crippen molar-refractivity contribution in [1.82, 2.24) is 0 Å². The quantitative estimate of drug-likeness (QED) is 0.405. The molecule has 0 spiro atoms. The number of unbranched alkanes of at least 4 members (excludes halogenated alkanes) is 7. The van der Waals surface area contributed by atoms with Crippen molar-refractivity contribution in [2.75, 3.05) is 13.2 Å². The second-order valence-electron chi connectivity index (χ2n) is 5.35. The molecule has 0 bridgehead atoms. The third kappa shape index (κ3) is 8.35. The van der Waals surface area contributed by atoms with Gasteiger partial charge in [-0.15, -0.1) is 0 Å². The zero-order chi connectivity index (χ0) is 15.3. The maximum absolute atomic E-state index is 5.84.